The van der Waals surface area contributed by atoms with Crippen LogP contribution in [-0.4, -0.2) is 34.4 Å². The third-order valence-corrected chi connectivity index (χ3v) is 3.67. The van der Waals surface area contributed by atoms with Gasteiger partial charge in [0.1, 0.15) is 11.4 Å². The highest BCUT2D eigenvalue weighted by atomic mass is 16.6. The predicted octanol–water partition coefficient (Wildman–Crippen LogP) is 2.76. The third-order valence-electron chi connectivity index (χ3n) is 3.67. The molecule has 9 nitrogen and oxygen atoms in total. The van der Waals surface area contributed by atoms with E-state index in [0.717, 1.165) is 11.3 Å². The molecular weight excluding hydrogens is 350 g/mol. The van der Waals surface area contributed by atoms with Gasteiger partial charge in [-0.1, -0.05) is 12.1 Å². The van der Waals surface area contributed by atoms with E-state index in [1.54, 1.807) is 43.5 Å². The average Bonchev–Trinajstić information content (AvgIpc) is 3.19. The minimum atomic E-state index is -0.488. The number of ether oxygens (including phenoxy) is 1. The molecule has 0 aliphatic heterocycles. The summed E-state index contributed by atoms with van der Waals surface area (Å²) in [5, 5.41) is 21.4. The first kappa shape index (κ1) is 17.8. The number of aromatic nitrogens is 2. The van der Waals surface area contributed by atoms with Crippen molar-refractivity contribution in [2.24, 2.45) is 5.10 Å². The van der Waals surface area contributed by atoms with Crippen LogP contribution in [0.2, 0.25) is 0 Å². The molecule has 0 aliphatic rings. The highest BCUT2D eigenvalue weighted by Gasteiger charge is 2.13. The van der Waals surface area contributed by atoms with E-state index >= 15 is 0 Å². The van der Waals surface area contributed by atoms with Gasteiger partial charge < -0.3 is 4.74 Å². The quantitative estimate of drug-likeness (QED) is 0.395. The Balaban J connectivity index is 1.67. The first-order valence-corrected chi connectivity index (χ1v) is 7.84. The van der Waals surface area contributed by atoms with Crippen molar-refractivity contribution in [3.05, 3.63) is 76.0 Å². The molecule has 136 valence electrons. The standard InChI is InChI=1S/C18H15N5O4/c1-27-15-7-5-12(6-8-15)11-19-22-18(24)17-10-16(20-21-17)13-3-2-4-14(9-13)23(25)26/h2-11H,1H3,(H,20,21)(H,22,24). The Kier molecular flexibility index (Phi) is 5.22. The van der Waals surface area contributed by atoms with Crippen molar-refractivity contribution in [2.45, 2.75) is 0 Å². The number of carbonyl (C=O) groups excluding carboxylic acids is 1. The fourth-order valence-electron chi connectivity index (χ4n) is 2.28. The van der Waals surface area contributed by atoms with Gasteiger partial charge in [0.15, 0.2) is 0 Å². The topological polar surface area (TPSA) is 123 Å². The third kappa shape index (κ3) is 4.34. The van der Waals surface area contributed by atoms with Crippen LogP contribution in [0.1, 0.15) is 16.1 Å². The van der Waals surface area contributed by atoms with Crippen LogP contribution in [0.4, 0.5) is 5.69 Å². The van der Waals surface area contributed by atoms with Crippen LogP contribution >= 0.6 is 0 Å². The fraction of sp³-hybridized carbons (Fsp3) is 0.0556. The summed E-state index contributed by atoms with van der Waals surface area (Å²) < 4.78 is 5.07. The van der Waals surface area contributed by atoms with Crippen LogP contribution in [0, 0.1) is 10.1 Å². The normalized spacial score (nSPS) is 10.7. The van der Waals surface area contributed by atoms with Gasteiger partial charge in [0.2, 0.25) is 0 Å². The van der Waals surface area contributed by atoms with Crippen LogP contribution in [0.15, 0.2) is 59.7 Å². The number of benzene rings is 2. The molecule has 0 saturated carbocycles. The maximum absolute atomic E-state index is 12.1. The second-order valence-electron chi connectivity index (χ2n) is 5.45. The number of nitro groups is 1. The van der Waals surface area contributed by atoms with E-state index < -0.39 is 10.8 Å². The molecule has 0 unspecified atom stereocenters. The number of non-ortho nitro benzene ring substituents is 1. The molecule has 0 spiro atoms. The van der Waals surface area contributed by atoms with Gasteiger partial charge in [-0.25, -0.2) is 5.43 Å². The van der Waals surface area contributed by atoms with Gasteiger partial charge in [-0.3, -0.25) is 20.0 Å². The van der Waals surface area contributed by atoms with E-state index in [1.807, 2.05) is 0 Å². The van der Waals surface area contributed by atoms with E-state index in [-0.39, 0.29) is 11.4 Å². The minimum Gasteiger partial charge on any atom is -0.497 e. The number of hydrazone groups is 1. The summed E-state index contributed by atoms with van der Waals surface area (Å²) in [6, 6.07) is 14.7. The number of hydrogen-bond donors (Lipinski definition) is 2. The summed E-state index contributed by atoms with van der Waals surface area (Å²) in [7, 11) is 1.58. The van der Waals surface area contributed by atoms with Gasteiger partial charge in [-0.2, -0.15) is 10.2 Å². The molecule has 0 bridgehead atoms. The molecule has 1 amide bonds. The van der Waals surface area contributed by atoms with Crippen LogP contribution in [0.5, 0.6) is 5.75 Å². The highest BCUT2D eigenvalue weighted by Crippen LogP contribution is 2.22. The Morgan fingerprint density at radius 2 is 2.04 bits per heavy atom. The van der Waals surface area contributed by atoms with Crippen molar-refractivity contribution in [2.75, 3.05) is 7.11 Å². The summed E-state index contributed by atoms with van der Waals surface area (Å²) in [6.07, 6.45) is 1.50. The van der Waals surface area contributed by atoms with Gasteiger partial charge in [0, 0.05) is 17.7 Å². The molecule has 9 heteroatoms. The predicted molar refractivity (Wildman–Crippen MR) is 98.7 cm³/mol. The lowest BCUT2D eigenvalue weighted by molar-refractivity contribution is -0.384. The van der Waals surface area contributed by atoms with E-state index in [4.69, 9.17) is 4.74 Å². The van der Waals surface area contributed by atoms with Crippen LogP contribution in [-0.2, 0) is 0 Å². The van der Waals surface area contributed by atoms with Gasteiger partial charge in [0.25, 0.3) is 11.6 Å². The number of H-pyrrole nitrogens is 1. The molecular formula is C18H15N5O4. The number of methoxy groups -OCH3 is 1. The molecule has 1 heterocycles. The molecule has 0 aliphatic carbocycles. The number of nitro benzene ring substituents is 1. The number of nitrogens with one attached hydrogen (secondary N) is 2. The zero-order chi connectivity index (χ0) is 19.2. The second kappa shape index (κ2) is 7.91. The Labute approximate surface area is 153 Å². The Morgan fingerprint density at radius 3 is 2.74 bits per heavy atom. The van der Waals surface area contributed by atoms with E-state index in [2.05, 4.69) is 20.7 Å². The van der Waals surface area contributed by atoms with Crippen molar-refractivity contribution in [1.29, 1.82) is 0 Å². The lowest BCUT2D eigenvalue weighted by Gasteiger charge is -1.99. The molecule has 0 atom stereocenters. The van der Waals surface area contributed by atoms with Crippen molar-refractivity contribution in [3.8, 4) is 17.0 Å². The molecule has 1 aromatic heterocycles. The van der Waals surface area contributed by atoms with E-state index in [0.29, 0.717) is 11.3 Å². The van der Waals surface area contributed by atoms with Gasteiger partial charge in [0.05, 0.1) is 23.9 Å². The smallest absolute Gasteiger partial charge is 0.289 e. The molecule has 3 aromatic rings. The number of amides is 1. The summed E-state index contributed by atoms with van der Waals surface area (Å²) in [5.74, 6) is 0.242. The largest absolute Gasteiger partial charge is 0.497 e. The van der Waals surface area contributed by atoms with Gasteiger partial charge >= 0.3 is 0 Å². The SMILES string of the molecule is COc1ccc(C=NNC(=O)c2cc(-c3cccc([N+](=O)[O-])c3)n[nH]2)cc1. The second-order valence-corrected chi connectivity index (χ2v) is 5.45. The number of hydrogen-bond acceptors (Lipinski definition) is 6. The van der Waals surface area contributed by atoms with Crippen molar-refractivity contribution >= 4 is 17.8 Å². The number of carbonyl (C=O) groups is 1. The lowest BCUT2D eigenvalue weighted by Crippen LogP contribution is -2.17. The van der Waals surface area contributed by atoms with E-state index in [1.165, 1.54) is 24.4 Å². The van der Waals surface area contributed by atoms with Crippen LogP contribution in [0.3, 0.4) is 0 Å². The first-order chi connectivity index (χ1) is 13.1. The average molecular weight is 365 g/mol. The summed E-state index contributed by atoms with van der Waals surface area (Å²) in [6.45, 7) is 0. The van der Waals surface area contributed by atoms with Crippen LogP contribution < -0.4 is 10.2 Å². The monoisotopic (exact) mass is 365 g/mol. The Morgan fingerprint density at radius 1 is 1.26 bits per heavy atom. The number of nitrogens with zero attached hydrogens (tertiary/aromatic N) is 3. The summed E-state index contributed by atoms with van der Waals surface area (Å²) in [4.78, 5) is 22.5. The van der Waals surface area contributed by atoms with Crippen molar-refractivity contribution in [3.63, 3.8) is 0 Å². The summed E-state index contributed by atoms with van der Waals surface area (Å²) in [5.41, 5.74) is 4.26. The summed E-state index contributed by atoms with van der Waals surface area (Å²) >= 11 is 0. The Hall–Kier alpha value is -4.01. The molecule has 2 N–H and O–H groups in total. The zero-order valence-electron chi connectivity index (χ0n) is 14.2. The number of aromatic amines is 1. The minimum absolute atomic E-state index is 0.0504. The molecule has 0 radical (unpaired) electrons. The van der Waals surface area contributed by atoms with Crippen LogP contribution in [0.25, 0.3) is 11.3 Å². The zero-order valence-corrected chi connectivity index (χ0v) is 14.2. The highest BCUT2D eigenvalue weighted by molar-refractivity contribution is 5.94. The maximum atomic E-state index is 12.1. The van der Waals surface area contributed by atoms with E-state index in [9.17, 15) is 14.9 Å². The van der Waals surface area contributed by atoms with Gasteiger partial charge in [-0.15, -0.1) is 0 Å². The molecule has 0 saturated heterocycles. The van der Waals surface area contributed by atoms with Crippen molar-refractivity contribution in [1.82, 2.24) is 15.6 Å². The first-order valence-electron chi connectivity index (χ1n) is 7.84. The molecule has 27 heavy (non-hydrogen) atoms. The molecule has 0 fully saturated rings. The fourth-order valence-corrected chi connectivity index (χ4v) is 2.28. The molecule has 2 aromatic carbocycles. The Bertz CT molecular complexity index is 995. The number of rotatable bonds is 6. The van der Waals surface area contributed by atoms with Crippen molar-refractivity contribution < 1.29 is 14.5 Å². The van der Waals surface area contributed by atoms with Gasteiger partial charge in [-0.05, 0) is 35.9 Å². The molecule has 3 rings (SSSR count). The lowest BCUT2D eigenvalue weighted by atomic mass is 10.1. The maximum Gasteiger partial charge on any atom is 0.289 e.